The van der Waals surface area contributed by atoms with Gasteiger partial charge in [0.05, 0.1) is 5.92 Å². The Kier molecular flexibility index (Phi) is 3.47. The Hall–Kier alpha value is -2.20. The van der Waals surface area contributed by atoms with Crippen LogP contribution in [-0.4, -0.2) is 5.11 Å². The smallest absolute Gasteiger partial charge is 0.205 e. The molecule has 0 radical (unpaired) electrons. The second kappa shape index (κ2) is 5.30. The van der Waals surface area contributed by atoms with Crippen LogP contribution in [0.3, 0.4) is 0 Å². The Morgan fingerprint density at radius 1 is 1.19 bits per heavy atom. The van der Waals surface area contributed by atoms with Crippen molar-refractivity contribution in [3.05, 3.63) is 68.6 Å². The molecule has 1 aliphatic rings. The molecule has 0 amide bonds. The van der Waals surface area contributed by atoms with Crippen LogP contribution in [0.1, 0.15) is 17.0 Å². The molecule has 1 aliphatic heterocycles. The minimum atomic E-state index is -0.285. The van der Waals surface area contributed by atoms with Crippen LogP contribution in [0.2, 0.25) is 0 Å². The van der Waals surface area contributed by atoms with Gasteiger partial charge in [0.15, 0.2) is 0 Å². The van der Waals surface area contributed by atoms with Gasteiger partial charge in [0.1, 0.15) is 23.1 Å². The molecule has 0 unspecified atom stereocenters. The Balaban J connectivity index is 2.27. The van der Waals surface area contributed by atoms with Crippen LogP contribution in [-0.2, 0) is 0 Å². The fraction of sp³-hybridized carbons (Fsp3) is 0.0625. The van der Waals surface area contributed by atoms with Gasteiger partial charge in [-0.1, -0.05) is 24.3 Å². The van der Waals surface area contributed by atoms with Crippen LogP contribution in [0, 0.1) is 14.9 Å². The first-order chi connectivity index (χ1) is 10.1. The zero-order valence-corrected chi connectivity index (χ0v) is 13.0. The summed E-state index contributed by atoms with van der Waals surface area (Å²) in [5.74, 6) is 0.382. The van der Waals surface area contributed by atoms with E-state index in [0.29, 0.717) is 11.3 Å². The van der Waals surface area contributed by atoms with E-state index in [2.05, 4.69) is 28.7 Å². The van der Waals surface area contributed by atoms with Crippen LogP contribution in [0.5, 0.6) is 11.5 Å². The summed E-state index contributed by atoms with van der Waals surface area (Å²) in [6, 6.07) is 14.8. The minimum Gasteiger partial charge on any atom is -0.508 e. The summed E-state index contributed by atoms with van der Waals surface area (Å²) in [7, 11) is 0. The number of allylic oxidation sites excluding steroid dienone is 1. The standard InChI is InChI=1S/C16H11IN2O2/c17-13-4-2-1-3-10(13)15-11-6-5-9(20)7-14(11)21-16(19)12(15)8-18/h1-7,15,20H,19H2/t15-/m1/s1. The summed E-state index contributed by atoms with van der Waals surface area (Å²) in [6.07, 6.45) is 0. The first kappa shape index (κ1) is 13.8. The average Bonchev–Trinajstić information content (AvgIpc) is 2.46. The highest BCUT2D eigenvalue weighted by atomic mass is 127. The van der Waals surface area contributed by atoms with E-state index in [1.165, 1.54) is 6.07 Å². The van der Waals surface area contributed by atoms with Crippen molar-refractivity contribution < 1.29 is 9.84 Å². The first-order valence-corrected chi connectivity index (χ1v) is 7.34. The second-order valence-corrected chi connectivity index (χ2v) is 5.83. The van der Waals surface area contributed by atoms with E-state index in [-0.39, 0.29) is 17.6 Å². The predicted molar refractivity (Wildman–Crippen MR) is 86.6 cm³/mol. The summed E-state index contributed by atoms with van der Waals surface area (Å²) in [5.41, 5.74) is 8.08. The number of nitrogens with zero attached hydrogens (tertiary/aromatic N) is 1. The van der Waals surface area contributed by atoms with E-state index in [9.17, 15) is 10.4 Å². The zero-order valence-electron chi connectivity index (χ0n) is 10.9. The van der Waals surface area contributed by atoms with E-state index < -0.39 is 0 Å². The van der Waals surface area contributed by atoms with E-state index in [1.54, 1.807) is 12.1 Å². The number of nitrogens with two attached hydrogens (primary N) is 1. The maximum absolute atomic E-state index is 9.61. The maximum Gasteiger partial charge on any atom is 0.205 e. The van der Waals surface area contributed by atoms with Crippen molar-refractivity contribution >= 4 is 22.6 Å². The molecule has 2 aromatic rings. The lowest BCUT2D eigenvalue weighted by Gasteiger charge is -2.27. The highest BCUT2D eigenvalue weighted by Crippen LogP contribution is 2.44. The number of nitriles is 1. The number of fused-ring (bicyclic) bond motifs is 1. The largest absolute Gasteiger partial charge is 0.508 e. The molecule has 0 aliphatic carbocycles. The van der Waals surface area contributed by atoms with Gasteiger partial charge in [-0.3, -0.25) is 0 Å². The molecule has 3 N–H and O–H groups in total. The summed E-state index contributed by atoms with van der Waals surface area (Å²) < 4.78 is 6.52. The molecule has 1 atom stereocenters. The van der Waals surface area contributed by atoms with E-state index in [1.807, 2.05) is 24.3 Å². The molecule has 21 heavy (non-hydrogen) atoms. The number of phenols is 1. The third-order valence-electron chi connectivity index (χ3n) is 3.42. The monoisotopic (exact) mass is 390 g/mol. The molecule has 0 saturated carbocycles. The Bertz CT molecular complexity index is 793. The fourth-order valence-electron chi connectivity index (χ4n) is 2.47. The molecular formula is C16H11IN2O2. The summed E-state index contributed by atoms with van der Waals surface area (Å²) in [5, 5.41) is 19.1. The van der Waals surface area contributed by atoms with Crippen molar-refractivity contribution in [3.63, 3.8) is 0 Å². The number of hydrogen-bond donors (Lipinski definition) is 2. The van der Waals surface area contributed by atoms with Gasteiger partial charge in [0.25, 0.3) is 0 Å². The lowest BCUT2D eigenvalue weighted by Crippen LogP contribution is -2.21. The molecule has 0 bridgehead atoms. The van der Waals surface area contributed by atoms with Gasteiger partial charge >= 0.3 is 0 Å². The molecule has 104 valence electrons. The topological polar surface area (TPSA) is 79.3 Å². The number of phenolic OH excluding ortho intramolecular Hbond substituents is 1. The van der Waals surface area contributed by atoms with Crippen LogP contribution in [0.15, 0.2) is 53.9 Å². The van der Waals surface area contributed by atoms with E-state index in [0.717, 1.165) is 14.7 Å². The van der Waals surface area contributed by atoms with Crippen LogP contribution < -0.4 is 10.5 Å². The van der Waals surface area contributed by atoms with Gasteiger partial charge in [-0.05, 0) is 40.3 Å². The molecule has 0 saturated heterocycles. The second-order valence-electron chi connectivity index (χ2n) is 4.67. The van der Waals surface area contributed by atoms with E-state index in [4.69, 9.17) is 10.5 Å². The highest BCUT2D eigenvalue weighted by Gasteiger charge is 2.31. The minimum absolute atomic E-state index is 0.0836. The molecule has 0 aromatic heterocycles. The summed E-state index contributed by atoms with van der Waals surface area (Å²) in [4.78, 5) is 0. The predicted octanol–water partition coefficient (Wildman–Crippen LogP) is 3.21. The van der Waals surface area contributed by atoms with Crippen molar-refractivity contribution in [2.75, 3.05) is 0 Å². The normalized spacial score (nSPS) is 16.9. The fourth-order valence-corrected chi connectivity index (χ4v) is 3.17. The molecule has 1 heterocycles. The zero-order chi connectivity index (χ0) is 15.0. The highest BCUT2D eigenvalue weighted by molar-refractivity contribution is 14.1. The van der Waals surface area contributed by atoms with Crippen LogP contribution in [0.4, 0.5) is 0 Å². The molecule has 5 heteroatoms. The quantitative estimate of drug-likeness (QED) is 0.733. The molecule has 0 fully saturated rings. The third kappa shape index (κ3) is 2.32. The molecular weight excluding hydrogens is 379 g/mol. The molecule has 3 rings (SSSR count). The first-order valence-electron chi connectivity index (χ1n) is 6.26. The Morgan fingerprint density at radius 2 is 1.95 bits per heavy atom. The molecule has 2 aromatic carbocycles. The molecule has 4 nitrogen and oxygen atoms in total. The molecule has 0 spiro atoms. The van der Waals surface area contributed by atoms with Gasteiger partial charge in [-0.15, -0.1) is 0 Å². The Labute approximate surface area is 135 Å². The maximum atomic E-state index is 9.61. The van der Waals surface area contributed by atoms with Gasteiger partial charge in [-0.2, -0.15) is 5.26 Å². The lowest BCUT2D eigenvalue weighted by atomic mass is 9.83. The lowest BCUT2D eigenvalue weighted by molar-refractivity contribution is 0.388. The van der Waals surface area contributed by atoms with Gasteiger partial charge in [0.2, 0.25) is 5.88 Å². The SMILES string of the molecule is N#CC1=C(N)Oc2cc(O)ccc2[C@H]1c1ccccc1I. The average molecular weight is 390 g/mol. The van der Waals surface area contributed by atoms with Crippen LogP contribution in [0.25, 0.3) is 0 Å². The number of ether oxygens (including phenoxy) is 1. The van der Waals surface area contributed by atoms with Crippen molar-refractivity contribution in [3.8, 4) is 17.6 Å². The summed E-state index contributed by atoms with van der Waals surface area (Å²) in [6.45, 7) is 0. The third-order valence-corrected chi connectivity index (χ3v) is 4.40. The van der Waals surface area contributed by atoms with Crippen molar-refractivity contribution in [1.82, 2.24) is 0 Å². The number of halogens is 1. The van der Waals surface area contributed by atoms with Crippen molar-refractivity contribution in [2.45, 2.75) is 5.92 Å². The van der Waals surface area contributed by atoms with E-state index >= 15 is 0 Å². The summed E-state index contributed by atoms with van der Waals surface area (Å²) >= 11 is 2.24. The number of aromatic hydroxyl groups is 1. The van der Waals surface area contributed by atoms with Gasteiger partial charge < -0.3 is 15.6 Å². The van der Waals surface area contributed by atoms with Gasteiger partial charge in [-0.25, -0.2) is 0 Å². The van der Waals surface area contributed by atoms with Crippen molar-refractivity contribution in [1.29, 1.82) is 5.26 Å². The van der Waals surface area contributed by atoms with Crippen molar-refractivity contribution in [2.24, 2.45) is 5.73 Å². The number of hydrogen-bond acceptors (Lipinski definition) is 4. The van der Waals surface area contributed by atoms with Gasteiger partial charge in [0, 0.05) is 15.2 Å². The number of rotatable bonds is 1. The Morgan fingerprint density at radius 3 is 2.67 bits per heavy atom. The van der Waals surface area contributed by atoms with Crippen LogP contribution >= 0.6 is 22.6 Å². The number of benzene rings is 2.